The number of amides is 1. The fourth-order valence-corrected chi connectivity index (χ4v) is 4.49. The Morgan fingerprint density at radius 2 is 2.04 bits per heavy atom. The van der Waals surface area contributed by atoms with E-state index < -0.39 is 0 Å². The highest BCUT2D eigenvalue weighted by Gasteiger charge is 2.25. The number of hydrogen-bond donors (Lipinski definition) is 1. The summed E-state index contributed by atoms with van der Waals surface area (Å²) >= 11 is 0. The van der Waals surface area contributed by atoms with Crippen LogP contribution >= 0.6 is 0 Å². The molecule has 1 fully saturated rings. The van der Waals surface area contributed by atoms with Crippen molar-refractivity contribution in [2.75, 3.05) is 19.6 Å². The molecule has 0 bridgehead atoms. The first kappa shape index (κ1) is 18.2. The van der Waals surface area contributed by atoms with E-state index in [1.54, 1.807) is 24.5 Å². The Morgan fingerprint density at radius 1 is 1.15 bits per heavy atom. The standard InChI is InChI=1S/C21H29N5O/c27-21(19-6-3-9-22-12-19)23-10-7-18-14-25(13-17-4-1-2-5-17)16-20-8-11-24-26(20)15-18/h3,6,8-9,11-12,17-18H,1-2,4-5,7,10,13-16H2,(H,23,27)/t18-/m0/s1. The van der Waals surface area contributed by atoms with E-state index in [1.165, 1.54) is 37.9 Å². The molecule has 0 radical (unpaired) electrons. The number of fused-ring (bicyclic) bond motifs is 1. The van der Waals surface area contributed by atoms with Gasteiger partial charge in [0, 0.05) is 51.3 Å². The molecule has 144 valence electrons. The van der Waals surface area contributed by atoms with Gasteiger partial charge in [-0.3, -0.25) is 19.4 Å². The van der Waals surface area contributed by atoms with Gasteiger partial charge in [0.2, 0.25) is 0 Å². The predicted molar refractivity (Wildman–Crippen MR) is 104 cm³/mol. The molecule has 6 heteroatoms. The Balaban J connectivity index is 1.34. The van der Waals surface area contributed by atoms with Gasteiger partial charge >= 0.3 is 0 Å². The molecule has 4 rings (SSSR count). The van der Waals surface area contributed by atoms with E-state index >= 15 is 0 Å². The number of rotatable bonds is 6. The van der Waals surface area contributed by atoms with E-state index in [0.717, 1.165) is 32.0 Å². The Labute approximate surface area is 161 Å². The van der Waals surface area contributed by atoms with Crippen LogP contribution in [0.15, 0.2) is 36.8 Å². The van der Waals surface area contributed by atoms with Crippen LogP contribution in [0.4, 0.5) is 0 Å². The highest BCUT2D eigenvalue weighted by atomic mass is 16.1. The molecule has 3 heterocycles. The summed E-state index contributed by atoms with van der Waals surface area (Å²) < 4.78 is 2.16. The summed E-state index contributed by atoms with van der Waals surface area (Å²) in [7, 11) is 0. The summed E-state index contributed by atoms with van der Waals surface area (Å²) in [6.07, 6.45) is 11.7. The number of nitrogens with one attached hydrogen (secondary N) is 1. The zero-order chi connectivity index (χ0) is 18.5. The molecule has 27 heavy (non-hydrogen) atoms. The van der Waals surface area contributed by atoms with E-state index in [-0.39, 0.29) is 5.91 Å². The third kappa shape index (κ3) is 4.75. The first-order valence-electron chi connectivity index (χ1n) is 10.2. The van der Waals surface area contributed by atoms with Crippen LogP contribution in [-0.4, -0.2) is 45.2 Å². The third-order valence-corrected chi connectivity index (χ3v) is 5.89. The van der Waals surface area contributed by atoms with Gasteiger partial charge in [-0.15, -0.1) is 0 Å². The lowest BCUT2D eigenvalue weighted by atomic mass is 10.0. The monoisotopic (exact) mass is 367 g/mol. The van der Waals surface area contributed by atoms with Gasteiger partial charge in [0.25, 0.3) is 5.91 Å². The molecule has 1 amide bonds. The van der Waals surface area contributed by atoms with Gasteiger partial charge in [0.05, 0.1) is 11.3 Å². The van der Waals surface area contributed by atoms with Crippen LogP contribution in [0.3, 0.4) is 0 Å². The SMILES string of the molecule is O=C(NCC[C@H]1CN(CC2CCCC2)Cc2ccnn2C1)c1cccnc1. The van der Waals surface area contributed by atoms with Crippen molar-refractivity contribution in [2.45, 2.75) is 45.2 Å². The quantitative estimate of drug-likeness (QED) is 0.853. The van der Waals surface area contributed by atoms with Crippen molar-refractivity contribution in [2.24, 2.45) is 11.8 Å². The van der Waals surface area contributed by atoms with Crippen molar-refractivity contribution < 1.29 is 4.79 Å². The minimum atomic E-state index is -0.0423. The molecule has 2 aromatic heterocycles. The lowest BCUT2D eigenvalue weighted by Gasteiger charge is -2.26. The van der Waals surface area contributed by atoms with Crippen molar-refractivity contribution in [1.82, 2.24) is 25.0 Å². The molecule has 1 aliphatic carbocycles. The molecule has 1 N–H and O–H groups in total. The van der Waals surface area contributed by atoms with Crippen LogP contribution in [0.5, 0.6) is 0 Å². The van der Waals surface area contributed by atoms with Gasteiger partial charge in [-0.05, 0) is 49.3 Å². The highest BCUT2D eigenvalue weighted by molar-refractivity contribution is 5.93. The summed E-state index contributed by atoms with van der Waals surface area (Å²) in [5, 5.41) is 7.56. The fraction of sp³-hybridized carbons (Fsp3) is 0.571. The summed E-state index contributed by atoms with van der Waals surface area (Å²) in [6, 6.07) is 5.74. The van der Waals surface area contributed by atoms with Crippen LogP contribution in [0, 0.1) is 11.8 Å². The summed E-state index contributed by atoms with van der Waals surface area (Å²) in [5.41, 5.74) is 1.94. The first-order chi connectivity index (χ1) is 13.3. The Kier molecular flexibility index (Phi) is 5.82. The maximum Gasteiger partial charge on any atom is 0.252 e. The Morgan fingerprint density at radius 3 is 2.85 bits per heavy atom. The van der Waals surface area contributed by atoms with Crippen LogP contribution < -0.4 is 5.32 Å². The average Bonchev–Trinajstić information content (AvgIpc) is 3.32. The van der Waals surface area contributed by atoms with Crippen molar-refractivity contribution in [1.29, 1.82) is 0 Å². The van der Waals surface area contributed by atoms with Crippen molar-refractivity contribution in [3.05, 3.63) is 48.0 Å². The zero-order valence-electron chi connectivity index (χ0n) is 15.9. The van der Waals surface area contributed by atoms with Gasteiger partial charge in [-0.1, -0.05) is 12.8 Å². The molecular formula is C21H29N5O. The second-order valence-corrected chi connectivity index (χ2v) is 8.00. The predicted octanol–water partition coefficient (Wildman–Crippen LogP) is 2.72. The second-order valence-electron chi connectivity index (χ2n) is 8.00. The average molecular weight is 367 g/mol. The van der Waals surface area contributed by atoms with E-state index in [0.29, 0.717) is 18.0 Å². The highest BCUT2D eigenvalue weighted by Crippen LogP contribution is 2.27. The third-order valence-electron chi connectivity index (χ3n) is 5.89. The van der Waals surface area contributed by atoms with Gasteiger partial charge in [0.15, 0.2) is 0 Å². The molecule has 2 aliphatic rings. The molecule has 2 aromatic rings. The molecule has 1 atom stereocenters. The number of carbonyl (C=O) groups excluding carboxylic acids is 1. The van der Waals surface area contributed by atoms with E-state index in [2.05, 4.69) is 31.0 Å². The van der Waals surface area contributed by atoms with Crippen LogP contribution in [0.1, 0.15) is 48.2 Å². The van der Waals surface area contributed by atoms with E-state index in [1.807, 2.05) is 6.20 Å². The van der Waals surface area contributed by atoms with E-state index in [9.17, 15) is 4.79 Å². The minimum Gasteiger partial charge on any atom is -0.352 e. The number of nitrogens with zero attached hydrogens (tertiary/aromatic N) is 4. The normalized spacial score (nSPS) is 21.0. The Hall–Kier alpha value is -2.21. The fourth-order valence-electron chi connectivity index (χ4n) is 4.49. The van der Waals surface area contributed by atoms with Crippen LogP contribution in [-0.2, 0) is 13.1 Å². The molecule has 0 spiro atoms. The number of aromatic nitrogens is 3. The smallest absolute Gasteiger partial charge is 0.252 e. The lowest BCUT2D eigenvalue weighted by Crippen LogP contribution is -2.34. The van der Waals surface area contributed by atoms with Crippen molar-refractivity contribution >= 4 is 5.91 Å². The molecule has 0 aromatic carbocycles. The topological polar surface area (TPSA) is 63.1 Å². The number of carbonyl (C=O) groups is 1. The molecule has 1 aliphatic heterocycles. The number of hydrogen-bond acceptors (Lipinski definition) is 4. The van der Waals surface area contributed by atoms with Gasteiger partial charge in [-0.2, -0.15) is 5.10 Å². The number of pyridine rings is 1. The largest absolute Gasteiger partial charge is 0.352 e. The molecule has 0 unspecified atom stereocenters. The molecule has 6 nitrogen and oxygen atoms in total. The maximum absolute atomic E-state index is 12.2. The summed E-state index contributed by atoms with van der Waals surface area (Å²) in [6.45, 7) is 4.90. The molecule has 1 saturated carbocycles. The van der Waals surface area contributed by atoms with E-state index in [4.69, 9.17) is 0 Å². The maximum atomic E-state index is 12.2. The van der Waals surface area contributed by atoms with Crippen LogP contribution in [0.2, 0.25) is 0 Å². The van der Waals surface area contributed by atoms with Gasteiger partial charge < -0.3 is 5.32 Å². The van der Waals surface area contributed by atoms with Crippen LogP contribution in [0.25, 0.3) is 0 Å². The van der Waals surface area contributed by atoms with Crippen molar-refractivity contribution in [3.8, 4) is 0 Å². The zero-order valence-corrected chi connectivity index (χ0v) is 15.9. The van der Waals surface area contributed by atoms with Gasteiger partial charge in [0.1, 0.15) is 0 Å². The van der Waals surface area contributed by atoms with Crippen molar-refractivity contribution in [3.63, 3.8) is 0 Å². The Bertz CT molecular complexity index is 738. The molecule has 0 saturated heterocycles. The second kappa shape index (κ2) is 8.65. The summed E-state index contributed by atoms with van der Waals surface area (Å²) in [5.74, 6) is 1.31. The van der Waals surface area contributed by atoms with Gasteiger partial charge in [-0.25, -0.2) is 0 Å². The minimum absolute atomic E-state index is 0.0423. The lowest BCUT2D eigenvalue weighted by molar-refractivity contribution is 0.0949. The molecular weight excluding hydrogens is 338 g/mol. The summed E-state index contributed by atoms with van der Waals surface area (Å²) in [4.78, 5) is 18.9. The first-order valence-corrected chi connectivity index (χ1v) is 10.2.